The molecule has 222 valence electrons. The first-order valence-electron chi connectivity index (χ1n) is 14.5. The molecule has 0 spiro atoms. The number of phenolic OH excluding ortho intramolecular Hbond substituents is 3. The molecule has 0 fully saturated rings. The van der Waals surface area contributed by atoms with E-state index in [0.29, 0.717) is 31.2 Å². The van der Waals surface area contributed by atoms with Crippen molar-refractivity contribution >= 4 is 5.78 Å². The first-order valence-corrected chi connectivity index (χ1v) is 14.5. The van der Waals surface area contributed by atoms with Crippen LogP contribution in [0, 0.1) is 5.92 Å². The molecule has 0 amide bonds. The minimum Gasteiger partial charge on any atom is -0.504 e. The van der Waals surface area contributed by atoms with Gasteiger partial charge in [-0.2, -0.15) is 0 Å². The molecule has 7 nitrogen and oxygen atoms in total. The van der Waals surface area contributed by atoms with E-state index in [1.165, 1.54) is 25.3 Å². The number of phenols is 3. The number of aliphatic hydroxyl groups excluding tert-OH is 2. The van der Waals surface area contributed by atoms with Crippen molar-refractivity contribution in [2.24, 2.45) is 5.92 Å². The third kappa shape index (κ3) is 9.23. The molecule has 7 heteroatoms. The van der Waals surface area contributed by atoms with Gasteiger partial charge in [0.1, 0.15) is 5.78 Å². The van der Waals surface area contributed by atoms with E-state index in [2.05, 4.69) is 6.92 Å². The monoisotopic (exact) mass is 564 g/mol. The molecule has 3 unspecified atom stereocenters. The predicted octanol–water partition coefficient (Wildman–Crippen LogP) is 6.17. The number of ether oxygens (including phenoxy) is 1. The summed E-state index contributed by atoms with van der Waals surface area (Å²) in [6.07, 6.45) is 4.84. The van der Waals surface area contributed by atoms with E-state index >= 15 is 0 Å². The normalized spacial score (nSPS) is 13.5. The predicted molar refractivity (Wildman–Crippen MR) is 159 cm³/mol. The summed E-state index contributed by atoms with van der Waals surface area (Å²) in [6, 6.07) is 17.8. The first-order chi connectivity index (χ1) is 19.8. The number of methoxy groups -OCH3 is 1. The summed E-state index contributed by atoms with van der Waals surface area (Å²) in [6.45, 7) is 1.81. The summed E-state index contributed by atoms with van der Waals surface area (Å²) in [4.78, 5) is 13.9. The van der Waals surface area contributed by atoms with Gasteiger partial charge in [0.15, 0.2) is 23.0 Å². The summed E-state index contributed by atoms with van der Waals surface area (Å²) < 4.78 is 5.35. The van der Waals surface area contributed by atoms with E-state index in [1.807, 2.05) is 30.3 Å². The van der Waals surface area contributed by atoms with Crippen molar-refractivity contribution in [1.82, 2.24) is 0 Å². The Hall–Kier alpha value is -3.55. The third-order valence-corrected chi connectivity index (χ3v) is 7.89. The van der Waals surface area contributed by atoms with E-state index in [1.54, 1.807) is 12.1 Å². The Bertz CT molecular complexity index is 1240. The summed E-state index contributed by atoms with van der Waals surface area (Å²) in [7, 11) is 1.47. The van der Waals surface area contributed by atoms with Crippen LogP contribution in [-0.4, -0.2) is 44.5 Å². The van der Waals surface area contributed by atoms with Crippen LogP contribution in [0.5, 0.6) is 23.0 Å². The number of aliphatic hydroxyl groups is 2. The molecule has 0 radical (unpaired) electrons. The Balaban J connectivity index is 1.85. The number of Topliss-reactive ketones (excluding diaryl/α,β-unsaturated/α-hetero) is 1. The first kappa shape index (κ1) is 32.0. The number of aryl methyl sites for hydroxylation is 2. The molecule has 0 aliphatic heterocycles. The highest BCUT2D eigenvalue weighted by Gasteiger charge is 2.30. The number of ketones is 1. The Morgan fingerprint density at radius 3 is 2.22 bits per heavy atom. The van der Waals surface area contributed by atoms with Crippen molar-refractivity contribution in [1.29, 1.82) is 0 Å². The molecule has 0 aromatic heterocycles. The van der Waals surface area contributed by atoms with Crippen molar-refractivity contribution in [2.45, 2.75) is 83.3 Å². The third-order valence-electron chi connectivity index (χ3n) is 7.89. The van der Waals surface area contributed by atoms with Gasteiger partial charge in [0.25, 0.3) is 0 Å². The molecule has 0 bridgehead atoms. The maximum atomic E-state index is 13.9. The van der Waals surface area contributed by atoms with Crippen LogP contribution < -0.4 is 4.74 Å². The molecule has 0 heterocycles. The molecule has 3 aromatic carbocycles. The minimum atomic E-state index is -0.864. The summed E-state index contributed by atoms with van der Waals surface area (Å²) in [5.41, 5.74) is 3.21. The second-order valence-electron chi connectivity index (χ2n) is 10.8. The number of carbonyl (C=O) groups is 1. The van der Waals surface area contributed by atoms with Crippen molar-refractivity contribution in [2.75, 3.05) is 7.11 Å². The quantitative estimate of drug-likeness (QED) is 0.0980. The fourth-order valence-electron chi connectivity index (χ4n) is 5.48. The van der Waals surface area contributed by atoms with Gasteiger partial charge in [0.05, 0.1) is 19.8 Å². The molecule has 0 aliphatic rings. The maximum Gasteiger partial charge on any atom is 0.160 e. The summed E-state index contributed by atoms with van der Waals surface area (Å²) in [5, 5.41) is 51.1. The number of rotatable bonds is 17. The SMILES string of the molecule is CCCCCC(C(=O)CC(CCc1ccccc1)c1cc(OC)c(O)cc1CO)C(O)CCc1ccc(O)c(O)c1. The lowest BCUT2D eigenvalue weighted by molar-refractivity contribution is -0.127. The smallest absolute Gasteiger partial charge is 0.160 e. The van der Waals surface area contributed by atoms with Crippen LogP contribution in [0.2, 0.25) is 0 Å². The largest absolute Gasteiger partial charge is 0.504 e. The van der Waals surface area contributed by atoms with Gasteiger partial charge in [-0.25, -0.2) is 0 Å². The van der Waals surface area contributed by atoms with Gasteiger partial charge in [-0.1, -0.05) is 62.6 Å². The highest BCUT2D eigenvalue weighted by molar-refractivity contribution is 5.82. The molecule has 3 atom stereocenters. The Kier molecular flexibility index (Phi) is 12.5. The van der Waals surface area contributed by atoms with Crippen LogP contribution in [-0.2, 0) is 24.2 Å². The van der Waals surface area contributed by atoms with E-state index in [0.717, 1.165) is 42.4 Å². The molecular formula is C34H44O7. The Labute approximate surface area is 243 Å². The average molecular weight is 565 g/mol. The van der Waals surface area contributed by atoms with Gasteiger partial charge >= 0.3 is 0 Å². The van der Waals surface area contributed by atoms with Crippen molar-refractivity contribution < 1.29 is 35.1 Å². The lowest BCUT2D eigenvalue weighted by Gasteiger charge is -2.26. The number of hydrogen-bond acceptors (Lipinski definition) is 7. The van der Waals surface area contributed by atoms with Gasteiger partial charge < -0.3 is 30.3 Å². The van der Waals surface area contributed by atoms with E-state index in [4.69, 9.17) is 4.74 Å². The molecule has 0 saturated heterocycles. The van der Waals surface area contributed by atoms with E-state index in [9.17, 15) is 30.3 Å². The second-order valence-corrected chi connectivity index (χ2v) is 10.8. The van der Waals surface area contributed by atoms with Gasteiger partial charge in [-0.15, -0.1) is 0 Å². The molecule has 0 saturated carbocycles. The number of aromatic hydroxyl groups is 3. The number of benzene rings is 3. The average Bonchev–Trinajstić information content (AvgIpc) is 2.98. The van der Waals surface area contributed by atoms with E-state index < -0.39 is 12.0 Å². The van der Waals surface area contributed by atoms with Crippen molar-refractivity contribution in [3.05, 3.63) is 82.9 Å². The van der Waals surface area contributed by atoms with Crippen LogP contribution in [0.25, 0.3) is 0 Å². The Morgan fingerprint density at radius 2 is 1.56 bits per heavy atom. The zero-order valence-corrected chi connectivity index (χ0v) is 24.1. The number of unbranched alkanes of at least 4 members (excludes halogenated alkanes) is 2. The van der Waals surface area contributed by atoms with Crippen molar-refractivity contribution in [3.8, 4) is 23.0 Å². The fourth-order valence-corrected chi connectivity index (χ4v) is 5.48. The molecule has 41 heavy (non-hydrogen) atoms. The summed E-state index contributed by atoms with van der Waals surface area (Å²) in [5.74, 6) is -1.03. The van der Waals surface area contributed by atoms with Gasteiger partial charge in [0, 0.05) is 12.3 Å². The van der Waals surface area contributed by atoms with Crippen LogP contribution >= 0.6 is 0 Å². The highest BCUT2D eigenvalue weighted by atomic mass is 16.5. The standard InChI is InChI=1S/C34H44O7/c1-3-4-6-11-27(29(36)16-13-24-14-17-30(37)32(39)18-24)31(38)19-25(15-12-23-9-7-5-8-10-23)28-21-34(41-2)33(40)20-26(28)22-35/h5,7-10,14,17-18,20-21,25,27,29,35-37,39-40H,3-4,6,11-13,15-16,19,22H2,1-2H3. The Morgan fingerprint density at radius 1 is 0.829 bits per heavy atom. The van der Waals surface area contributed by atoms with Crippen LogP contribution in [0.3, 0.4) is 0 Å². The lowest BCUT2D eigenvalue weighted by atomic mass is 9.80. The van der Waals surface area contributed by atoms with Gasteiger partial charge in [-0.3, -0.25) is 4.79 Å². The topological polar surface area (TPSA) is 127 Å². The van der Waals surface area contributed by atoms with Crippen molar-refractivity contribution in [3.63, 3.8) is 0 Å². The fraction of sp³-hybridized carbons (Fsp3) is 0.441. The van der Waals surface area contributed by atoms with Crippen LogP contribution in [0.1, 0.15) is 80.0 Å². The van der Waals surface area contributed by atoms with Crippen LogP contribution in [0.15, 0.2) is 60.7 Å². The zero-order valence-electron chi connectivity index (χ0n) is 24.1. The minimum absolute atomic E-state index is 0.0313. The number of carbonyl (C=O) groups excluding carboxylic acids is 1. The molecule has 5 N–H and O–H groups in total. The lowest BCUT2D eigenvalue weighted by Crippen LogP contribution is -2.30. The van der Waals surface area contributed by atoms with E-state index in [-0.39, 0.29) is 47.7 Å². The molecule has 0 aliphatic carbocycles. The summed E-state index contributed by atoms with van der Waals surface area (Å²) >= 11 is 0. The maximum absolute atomic E-state index is 13.9. The zero-order chi connectivity index (χ0) is 29.8. The van der Waals surface area contributed by atoms with Crippen LogP contribution in [0.4, 0.5) is 0 Å². The molecule has 3 aromatic rings. The molecular weight excluding hydrogens is 520 g/mol. The number of hydrogen-bond donors (Lipinski definition) is 5. The second kappa shape index (κ2) is 16.0. The molecule has 3 rings (SSSR count). The highest BCUT2D eigenvalue weighted by Crippen LogP contribution is 2.38. The van der Waals surface area contributed by atoms with Gasteiger partial charge in [-0.05, 0) is 84.5 Å². The van der Waals surface area contributed by atoms with Gasteiger partial charge in [0.2, 0.25) is 0 Å².